The lowest BCUT2D eigenvalue weighted by molar-refractivity contribution is -0.117. The van der Waals surface area contributed by atoms with Crippen molar-refractivity contribution in [3.05, 3.63) is 63.3 Å². The number of thiophene rings is 1. The summed E-state index contributed by atoms with van der Waals surface area (Å²) in [6.07, 6.45) is 1.81. The number of nitrogens with zero attached hydrogens (tertiary/aromatic N) is 1. The molecule has 3 nitrogen and oxygen atoms in total. The molecule has 2 aromatic rings. The Balaban J connectivity index is 1.98. The topological polar surface area (TPSA) is 32.3 Å². The minimum Gasteiger partial charge on any atom is -0.325 e. The molecule has 1 N–H and O–H groups in total. The van der Waals surface area contributed by atoms with Crippen molar-refractivity contribution in [2.75, 3.05) is 18.4 Å². The van der Waals surface area contributed by atoms with Gasteiger partial charge in [0.2, 0.25) is 5.91 Å². The van der Waals surface area contributed by atoms with Crippen LogP contribution in [0.3, 0.4) is 0 Å². The molecule has 2 rings (SSSR count). The number of nitrogens with one attached hydrogen (secondary N) is 1. The minimum absolute atomic E-state index is 0.0264. The van der Waals surface area contributed by atoms with Crippen LogP contribution >= 0.6 is 22.9 Å². The highest BCUT2D eigenvalue weighted by atomic mass is 35.5. The van der Waals surface area contributed by atoms with E-state index in [1.807, 2.05) is 43.0 Å². The van der Waals surface area contributed by atoms with Gasteiger partial charge in [0.05, 0.1) is 10.9 Å². The van der Waals surface area contributed by atoms with Crippen LogP contribution in [0, 0.1) is 13.8 Å². The van der Waals surface area contributed by atoms with Crippen LogP contribution in [0.15, 0.2) is 43.0 Å². The fraction of sp³-hybridized carbons (Fsp3) is 0.278. The Morgan fingerprint density at radius 3 is 2.74 bits per heavy atom. The maximum atomic E-state index is 12.3. The van der Waals surface area contributed by atoms with Gasteiger partial charge in [-0.1, -0.05) is 35.4 Å². The van der Waals surface area contributed by atoms with Crippen LogP contribution in [0.5, 0.6) is 0 Å². The molecule has 1 amide bonds. The summed E-state index contributed by atoms with van der Waals surface area (Å²) in [6, 6.07) is 9.87. The first-order valence-corrected chi connectivity index (χ1v) is 8.62. The Morgan fingerprint density at radius 1 is 1.35 bits per heavy atom. The molecule has 0 aliphatic rings. The summed E-state index contributed by atoms with van der Waals surface area (Å²) in [7, 11) is 0. The third-order valence-corrected chi connectivity index (χ3v) is 4.63. The predicted octanol–water partition coefficient (Wildman–Crippen LogP) is 4.65. The molecule has 0 unspecified atom stereocenters. The number of anilines is 1. The molecule has 0 aliphatic heterocycles. The average molecular weight is 349 g/mol. The van der Waals surface area contributed by atoms with Crippen LogP contribution in [0.1, 0.15) is 16.0 Å². The zero-order chi connectivity index (χ0) is 16.8. The maximum absolute atomic E-state index is 12.3. The fourth-order valence-electron chi connectivity index (χ4n) is 2.37. The fourth-order valence-corrected chi connectivity index (χ4v) is 3.50. The lowest BCUT2D eigenvalue weighted by Gasteiger charge is -2.19. The molecule has 0 radical (unpaired) electrons. The Hall–Kier alpha value is -1.62. The van der Waals surface area contributed by atoms with Gasteiger partial charge >= 0.3 is 0 Å². The number of amides is 1. The quantitative estimate of drug-likeness (QED) is 0.739. The van der Waals surface area contributed by atoms with Crippen LogP contribution in [0.2, 0.25) is 4.34 Å². The monoisotopic (exact) mass is 348 g/mol. The number of rotatable bonds is 7. The Labute approximate surface area is 146 Å². The van der Waals surface area contributed by atoms with Crippen LogP contribution < -0.4 is 5.32 Å². The summed E-state index contributed by atoms with van der Waals surface area (Å²) in [4.78, 5) is 15.5. The summed E-state index contributed by atoms with van der Waals surface area (Å²) in [5.41, 5.74) is 3.11. The van der Waals surface area contributed by atoms with Crippen LogP contribution in [-0.2, 0) is 11.3 Å². The molecule has 0 saturated heterocycles. The second kappa shape index (κ2) is 8.29. The number of carbonyl (C=O) groups excluding carboxylic acids is 1. The summed E-state index contributed by atoms with van der Waals surface area (Å²) < 4.78 is 0.762. The first-order chi connectivity index (χ1) is 11.0. The van der Waals surface area contributed by atoms with E-state index in [0.717, 1.165) is 20.5 Å². The lowest BCUT2D eigenvalue weighted by atomic mass is 10.1. The van der Waals surface area contributed by atoms with Gasteiger partial charge in [0.25, 0.3) is 0 Å². The molecule has 0 aliphatic carbocycles. The predicted molar refractivity (Wildman–Crippen MR) is 99.3 cm³/mol. The number of halogens is 1. The molecule has 5 heteroatoms. The first-order valence-electron chi connectivity index (χ1n) is 7.42. The second-order valence-corrected chi connectivity index (χ2v) is 7.33. The second-order valence-electron chi connectivity index (χ2n) is 5.53. The molecule has 1 heterocycles. The summed E-state index contributed by atoms with van der Waals surface area (Å²) in [5, 5.41) is 2.98. The molecule has 1 aromatic carbocycles. The number of hydrogen-bond donors (Lipinski definition) is 1. The highest BCUT2D eigenvalue weighted by molar-refractivity contribution is 7.16. The number of benzene rings is 1. The van der Waals surface area contributed by atoms with E-state index >= 15 is 0 Å². The van der Waals surface area contributed by atoms with E-state index in [1.165, 1.54) is 16.9 Å². The smallest absolute Gasteiger partial charge is 0.238 e. The minimum atomic E-state index is -0.0264. The van der Waals surface area contributed by atoms with Gasteiger partial charge in [-0.15, -0.1) is 17.9 Å². The van der Waals surface area contributed by atoms with E-state index in [1.54, 1.807) is 6.08 Å². The lowest BCUT2D eigenvalue weighted by Crippen LogP contribution is -2.33. The molecule has 0 bridgehead atoms. The van der Waals surface area contributed by atoms with Gasteiger partial charge in [-0.2, -0.15) is 0 Å². The van der Waals surface area contributed by atoms with Crippen molar-refractivity contribution in [1.29, 1.82) is 0 Å². The van der Waals surface area contributed by atoms with Gasteiger partial charge in [-0.3, -0.25) is 9.69 Å². The molecule has 0 atom stereocenters. The average Bonchev–Trinajstić information content (AvgIpc) is 2.87. The van der Waals surface area contributed by atoms with E-state index in [4.69, 9.17) is 11.6 Å². The van der Waals surface area contributed by atoms with Crippen LogP contribution in [0.25, 0.3) is 0 Å². The molecular formula is C18H21ClN2OS. The third-order valence-electron chi connectivity index (χ3n) is 3.42. The first kappa shape index (κ1) is 17.7. The third kappa shape index (κ3) is 5.50. The molecule has 1 aromatic heterocycles. The molecule has 0 saturated carbocycles. The number of carbonyl (C=O) groups is 1. The van der Waals surface area contributed by atoms with Gasteiger partial charge in [-0.25, -0.2) is 0 Å². The molecule has 0 fully saturated rings. The van der Waals surface area contributed by atoms with E-state index in [9.17, 15) is 4.79 Å². The van der Waals surface area contributed by atoms with Crippen molar-refractivity contribution in [2.24, 2.45) is 0 Å². The van der Waals surface area contributed by atoms with E-state index in [-0.39, 0.29) is 5.91 Å². The largest absolute Gasteiger partial charge is 0.325 e. The van der Waals surface area contributed by atoms with Gasteiger partial charge < -0.3 is 5.32 Å². The highest BCUT2D eigenvalue weighted by Crippen LogP contribution is 2.22. The van der Waals surface area contributed by atoms with E-state index in [2.05, 4.69) is 18.0 Å². The Bertz CT molecular complexity index is 696. The normalized spacial score (nSPS) is 10.8. The van der Waals surface area contributed by atoms with Crippen molar-refractivity contribution >= 4 is 34.5 Å². The maximum Gasteiger partial charge on any atom is 0.238 e. The molecular weight excluding hydrogens is 328 g/mol. The molecule has 122 valence electrons. The standard InChI is InChI=1S/C18H21ClN2OS/c1-4-9-21(11-15-6-8-17(19)23-15)12-18(22)20-16-7-5-13(2)10-14(16)3/h4-8,10H,1,9,11-12H2,2-3H3,(H,20,22). The highest BCUT2D eigenvalue weighted by Gasteiger charge is 2.12. The van der Waals surface area contributed by atoms with Crippen molar-refractivity contribution < 1.29 is 4.79 Å². The Morgan fingerprint density at radius 2 is 2.13 bits per heavy atom. The van der Waals surface area contributed by atoms with Crippen LogP contribution in [0.4, 0.5) is 5.69 Å². The van der Waals surface area contributed by atoms with Crippen LogP contribution in [-0.4, -0.2) is 23.9 Å². The van der Waals surface area contributed by atoms with Crippen molar-refractivity contribution in [3.63, 3.8) is 0 Å². The van der Waals surface area contributed by atoms with Crippen molar-refractivity contribution in [2.45, 2.75) is 20.4 Å². The number of aryl methyl sites for hydroxylation is 2. The summed E-state index contributed by atoms with van der Waals surface area (Å²) in [5.74, 6) is -0.0264. The van der Waals surface area contributed by atoms with Gasteiger partial charge in [0, 0.05) is 23.7 Å². The SMILES string of the molecule is C=CCN(CC(=O)Nc1ccc(C)cc1C)Cc1ccc(Cl)s1. The Kier molecular flexibility index (Phi) is 6.39. The van der Waals surface area contributed by atoms with E-state index < -0.39 is 0 Å². The molecule has 23 heavy (non-hydrogen) atoms. The number of hydrogen-bond acceptors (Lipinski definition) is 3. The zero-order valence-electron chi connectivity index (χ0n) is 13.4. The summed E-state index contributed by atoms with van der Waals surface area (Å²) >= 11 is 7.50. The molecule has 0 spiro atoms. The summed E-state index contributed by atoms with van der Waals surface area (Å²) in [6.45, 7) is 9.45. The van der Waals surface area contributed by atoms with Crippen molar-refractivity contribution in [3.8, 4) is 0 Å². The zero-order valence-corrected chi connectivity index (χ0v) is 15.0. The van der Waals surface area contributed by atoms with Gasteiger partial charge in [-0.05, 0) is 37.6 Å². The van der Waals surface area contributed by atoms with E-state index in [0.29, 0.717) is 19.6 Å². The van der Waals surface area contributed by atoms with Gasteiger partial charge in [0.1, 0.15) is 0 Å². The van der Waals surface area contributed by atoms with Crippen molar-refractivity contribution in [1.82, 2.24) is 4.90 Å². The van der Waals surface area contributed by atoms with Gasteiger partial charge in [0.15, 0.2) is 0 Å².